The molecular weight excluding hydrogens is 372 g/mol. The molecule has 3 aromatic rings. The van der Waals surface area contributed by atoms with Crippen LogP contribution in [0.4, 0.5) is 11.8 Å². The molecular formula is C19H22N8O2. The van der Waals surface area contributed by atoms with Crippen LogP contribution >= 0.6 is 0 Å². The molecule has 4 rings (SSSR count). The Morgan fingerprint density at radius 3 is 2.93 bits per heavy atom. The molecule has 2 N–H and O–H groups in total. The maximum atomic E-state index is 13.0. The second-order valence-electron chi connectivity index (χ2n) is 7.11. The van der Waals surface area contributed by atoms with E-state index in [1.165, 1.54) is 0 Å². The molecule has 29 heavy (non-hydrogen) atoms. The molecule has 2 aromatic heterocycles. The molecule has 3 heterocycles. The van der Waals surface area contributed by atoms with Gasteiger partial charge in [0.25, 0.3) is 0 Å². The molecule has 0 saturated carbocycles. The fourth-order valence-corrected chi connectivity index (χ4v) is 3.43. The molecule has 0 aliphatic carbocycles. The number of carbonyl (C=O) groups is 2. The zero-order valence-electron chi connectivity index (χ0n) is 16.6. The number of hydrogen-bond donors (Lipinski definition) is 2. The zero-order chi connectivity index (χ0) is 20.5. The molecule has 1 aliphatic rings. The van der Waals surface area contributed by atoms with Crippen LogP contribution in [0.2, 0.25) is 0 Å². The number of aromatic nitrogens is 6. The minimum Gasteiger partial charge on any atom is -0.316 e. The monoisotopic (exact) mass is 394 g/mol. The summed E-state index contributed by atoms with van der Waals surface area (Å²) in [7, 11) is 1.84. The number of nitrogens with one attached hydrogen (secondary N) is 2. The normalized spacial score (nSPS) is 13.7. The van der Waals surface area contributed by atoms with E-state index >= 15 is 0 Å². The van der Waals surface area contributed by atoms with Gasteiger partial charge in [-0.3, -0.25) is 14.7 Å². The number of carbonyl (C=O) groups excluding carboxylic acids is 2. The third-order valence-corrected chi connectivity index (χ3v) is 5.12. The number of aromatic amines is 1. The smallest absolute Gasteiger partial charge is 0.249 e. The minimum absolute atomic E-state index is 0.00918. The molecule has 150 valence electrons. The van der Waals surface area contributed by atoms with Gasteiger partial charge in [-0.1, -0.05) is 18.1 Å². The number of ketones is 1. The summed E-state index contributed by atoms with van der Waals surface area (Å²) in [6.07, 6.45) is 1.44. The van der Waals surface area contributed by atoms with Gasteiger partial charge in [-0.15, -0.1) is 0 Å². The van der Waals surface area contributed by atoms with Gasteiger partial charge in [0.15, 0.2) is 11.6 Å². The number of tetrazole rings is 1. The summed E-state index contributed by atoms with van der Waals surface area (Å²) in [5.41, 5.74) is 3.17. The van der Waals surface area contributed by atoms with Gasteiger partial charge in [0.1, 0.15) is 0 Å². The molecule has 0 bridgehead atoms. The number of amides is 1. The first-order valence-corrected chi connectivity index (χ1v) is 9.47. The van der Waals surface area contributed by atoms with E-state index < -0.39 is 0 Å². The van der Waals surface area contributed by atoms with Gasteiger partial charge in [0, 0.05) is 36.5 Å². The van der Waals surface area contributed by atoms with Crippen molar-refractivity contribution in [2.24, 2.45) is 0 Å². The highest BCUT2D eigenvalue weighted by Gasteiger charge is 2.26. The molecule has 0 spiro atoms. The van der Waals surface area contributed by atoms with E-state index in [4.69, 9.17) is 0 Å². The highest BCUT2D eigenvalue weighted by molar-refractivity contribution is 6.01. The SMILES string of the molecule is CCCC(=O)Nc1n[nH]c2ccc(CC(=O)C3=C(C)N(C)c4nnnn4C3)cc12. The first-order valence-electron chi connectivity index (χ1n) is 9.47. The number of rotatable bonds is 6. The lowest BCUT2D eigenvalue weighted by molar-refractivity contribution is -0.116. The van der Waals surface area contributed by atoms with Crippen molar-refractivity contribution in [3.63, 3.8) is 0 Å². The summed E-state index contributed by atoms with van der Waals surface area (Å²) in [6.45, 7) is 4.19. The molecule has 0 fully saturated rings. The summed E-state index contributed by atoms with van der Waals surface area (Å²) < 4.78 is 1.61. The van der Waals surface area contributed by atoms with Crippen molar-refractivity contribution < 1.29 is 9.59 Å². The molecule has 0 unspecified atom stereocenters. The summed E-state index contributed by atoms with van der Waals surface area (Å²) in [5.74, 6) is 1.03. The maximum absolute atomic E-state index is 13.0. The Balaban J connectivity index is 1.57. The topological polar surface area (TPSA) is 122 Å². The molecule has 10 nitrogen and oxygen atoms in total. The average molecular weight is 394 g/mol. The zero-order valence-corrected chi connectivity index (χ0v) is 16.6. The Kier molecular flexibility index (Phi) is 4.83. The molecule has 0 atom stereocenters. The van der Waals surface area contributed by atoms with E-state index in [1.807, 2.05) is 44.0 Å². The molecule has 0 saturated heterocycles. The number of nitrogens with zero attached hydrogens (tertiary/aromatic N) is 6. The van der Waals surface area contributed by atoms with Gasteiger partial charge in [0.2, 0.25) is 11.9 Å². The minimum atomic E-state index is -0.0781. The largest absolute Gasteiger partial charge is 0.316 e. The van der Waals surface area contributed by atoms with Crippen LogP contribution < -0.4 is 10.2 Å². The van der Waals surface area contributed by atoms with E-state index in [9.17, 15) is 9.59 Å². The van der Waals surface area contributed by atoms with Crippen LogP contribution in [0.25, 0.3) is 10.9 Å². The van der Waals surface area contributed by atoms with Gasteiger partial charge in [0.05, 0.1) is 12.1 Å². The molecule has 1 aliphatic heterocycles. The molecule has 1 amide bonds. The first-order chi connectivity index (χ1) is 14.0. The second-order valence-corrected chi connectivity index (χ2v) is 7.11. The number of benzene rings is 1. The van der Waals surface area contributed by atoms with Crippen LogP contribution in [-0.2, 0) is 22.6 Å². The highest BCUT2D eigenvalue weighted by Crippen LogP contribution is 2.26. The molecule has 0 radical (unpaired) electrons. The van der Waals surface area contributed by atoms with Crippen LogP contribution in [0.1, 0.15) is 32.3 Å². The van der Waals surface area contributed by atoms with Crippen LogP contribution in [0.15, 0.2) is 29.5 Å². The lowest BCUT2D eigenvalue weighted by Gasteiger charge is -2.26. The summed E-state index contributed by atoms with van der Waals surface area (Å²) in [5, 5.41) is 22.3. The van der Waals surface area contributed by atoms with E-state index in [0.29, 0.717) is 30.3 Å². The van der Waals surface area contributed by atoms with Gasteiger partial charge in [-0.05, 0) is 41.5 Å². The number of fused-ring (bicyclic) bond motifs is 2. The van der Waals surface area contributed by atoms with Crippen molar-refractivity contribution in [3.8, 4) is 0 Å². The van der Waals surface area contributed by atoms with Crippen LogP contribution in [0.3, 0.4) is 0 Å². The van der Waals surface area contributed by atoms with Crippen molar-refractivity contribution in [1.82, 2.24) is 30.4 Å². The van der Waals surface area contributed by atoms with E-state index in [2.05, 4.69) is 31.0 Å². The predicted molar refractivity (Wildman–Crippen MR) is 107 cm³/mol. The number of anilines is 2. The molecule has 1 aromatic carbocycles. The number of allylic oxidation sites excluding steroid dienone is 2. The average Bonchev–Trinajstić information content (AvgIpc) is 3.32. The predicted octanol–water partition coefficient (Wildman–Crippen LogP) is 1.82. The van der Waals surface area contributed by atoms with Gasteiger partial charge in [-0.2, -0.15) is 5.10 Å². The van der Waals surface area contributed by atoms with Crippen molar-refractivity contribution in [1.29, 1.82) is 0 Å². The standard InChI is InChI=1S/C19H22N8O2/c1-4-5-17(29)20-18-13-8-12(6-7-15(13)21-22-18)9-16(28)14-10-27-19(23-24-25-27)26(3)11(14)2/h6-8H,4-5,9-10H2,1-3H3,(H2,20,21,22,29). The Labute approximate surface area is 167 Å². The van der Waals surface area contributed by atoms with Crippen molar-refractivity contribution in [3.05, 3.63) is 35.0 Å². The third kappa shape index (κ3) is 3.48. The Morgan fingerprint density at radius 2 is 2.14 bits per heavy atom. The summed E-state index contributed by atoms with van der Waals surface area (Å²) in [4.78, 5) is 26.8. The maximum Gasteiger partial charge on any atom is 0.249 e. The summed E-state index contributed by atoms with van der Waals surface area (Å²) in [6, 6.07) is 5.65. The Bertz CT molecular complexity index is 1130. The highest BCUT2D eigenvalue weighted by atomic mass is 16.1. The van der Waals surface area contributed by atoms with Gasteiger partial charge < -0.3 is 10.2 Å². The van der Waals surface area contributed by atoms with E-state index in [-0.39, 0.29) is 18.1 Å². The fraction of sp³-hybridized carbons (Fsp3) is 0.368. The van der Waals surface area contributed by atoms with Gasteiger partial charge >= 0.3 is 0 Å². The number of Topliss-reactive ketones (excluding diaryl/α,β-unsaturated/α-hetero) is 1. The third-order valence-electron chi connectivity index (χ3n) is 5.12. The lowest BCUT2D eigenvalue weighted by Crippen LogP contribution is -2.30. The van der Waals surface area contributed by atoms with Crippen molar-refractivity contribution in [2.75, 3.05) is 17.3 Å². The number of H-pyrrole nitrogens is 1. The van der Waals surface area contributed by atoms with E-state index in [0.717, 1.165) is 28.6 Å². The van der Waals surface area contributed by atoms with Crippen molar-refractivity contribution in [2.45, 2.75) is 39.7 Å². The lowest BCUT2D eigenvalue weighted by atomic mass is 9.99. The van der Waals surface area contributed by atoms with Crippen LogP contribution in [0, 0.1) is 0 Å². The first kappa shape index (κ1) is 18.8. The number of hydrogen-bond acceptors (Lipinski definition) is 7. The fourth-order valence-electron chi connectivity index (χ4n) is 3.43. The second kappa shape index (κ2) is 7.46. The summed E-state index contributed by atoms with van der Waals surface area (Å²) >= 11 is 0. The van der Waals surface area contributed by atoms with Gasteiger partial charge in [-0.25, -0.2) is 4.68 Å². The Morgan fingerprint density at radius 1 is 1.31 bits per heavy atom. The van der Waals surface area contributed by atoms with Crippen LogP contribution in [0.5, 0.6) is 0 Å². The Hall–Kier alpha value is -3.56. The van der Waals surface area contributed by atoms with Crippen molar-refractivity contribution >= 4 is 34.4 Å². The molecule has 10 heteroatoms. The van der Waals surface area contributed by atoms with Crippen LogP contribution in [-0.4, -0.2) is 49.1 Å². The van der Waals surface area contributed by atoms with E-state index in [1.54, 1.807) is 4.68 Å². The quantitative estimate of drug-likeness (QED) is 0.654.